The van der Waals surface area contributed by atoms with Crippen molar-refractivity contribution in [3.8, 4) is 0 Å². The second-order valence-corrected chi connectivity index (χ2v) is 5.49. The van der Waals surface area contributed by atoms with Crippen LogP contribution < -0.4 is 5.73 Å². The second kappa shape index (κ2) is 4.74. The van der Waals surface area contributed by atoms with E-state index in [0.29, 0.717) is 0 Å². The Balaban J connectivity index is 2.49. The summed E-state index contributed by atoms with van der Waals surface area (Å²) in [5.74, 6) is -1.70. The monoisotopic (exact) mass is 268 g/mol. The lowest BCUT2D eigenvalue weighted by atomic mass is 10.0. The van der Waals surface area contributed by atoms with Gasteiger partial charge in [-0.1, -0.05) is 12.1 Å². The van der Waals surface area contributed by atoms with Gasteiger partial charge in [-0.15, -0.1) is 11.3 Å². The number of hydrogen-bond donors (Lipinski definition) is 1. The average Bonchev–Trinajstić information content (AvgIpc) is 2.65. The van der Waals surface area contributed by atoms with Crippen LogP contribution in [0.1, 0.15) is 32.7 Å². The van der Waals surface area contributed by atoms with Gasteiger partial charge in [-0.2, -0.15) is 0 Å². The molecule has 2 N–H and O–H groups in total. The van der Waals surface area contributed by atoms with Gasteiger partial charge in [-0.3, -0.25) is 0 Å². The summed E-state index contributed by atoms with van der Waals surface area (Å²) in [6, 6.07) is 2.40. The summed E-state index contributed by atoms with van der Waals surface area (Å²) < 4.78 is 27.4. The van der Waals surface area contributed by atoms with Crippen LogP contribution in [0.2, 0.25) is 0 Å². The third-order valence-electron chi connectivity index (χ3n) is 2.86. The van der Waals surface area contributed by atoms with Gasteiger partial charge < -0.3 is 5.73 Å². The maximum absolute atomic E-state index is 13.9. The number of thiazole rings is 1. The van der Waals surface area contributed by atoms with Crippen LogP contribution in [0, 0.1) is 32.4 Å². The molecule has 2 nitrogen and oxygen atoms in total. The molecule has 0 aliphatic heterocycles. The smallest absolute Gasteiger partial charge is 0.164 e. The minimum Gasteiger partial charge on any atom is -0.319 e. The third kappa shape index (κ3) is 2.15. The van der Waals surface area contributed by atoms with Crippen molar-refractivity contribution in [3.05, 3.63) is 50.5 Å². The van der Waals surface area contributed by atoms with E-state index in [-0.39, 0.29) is 11.1 Å². The van der Waals surface area contributed by atoms with Gasteiger partial charge >= 0.3 is 0 Å². The van der Waals surface area contributed by atoms with Gasteiger partial charge in [-0.25, -0.2) is 13.8 Å². The first-order valence-corrected chi connectivity index (χ1v) is 6.37. The van der Waals surface area contributed by atoms with Gasteiger partial charge in [0.05, 0.1) is 16.7 Å². The Hall–Kier alpha value is -1.33. The lowest BCUT2D eigenvalue weighted by molar-refractivity contribution is 0.489. The summed E-state index contributed by atoms with van der Waals surface area (Å²) in [6.07, 6.45) is 0. The Kier molecular flexibility index (Phi) is 3.45. The number of halogens is 2. The first-order chi connectivity index (χ1) is 8.41. The van der Waals surface area contributed by atoms with E-state index >= 15 is 0 Å². The topological polar surface area (TPSA) is 38.9 Å². The molecule has 1 unspecified atom stereocenters. The predicted octanol–water partition coefficient (Wildman–Crippen LogP) is 3.39. The molecule has 0 aliphatic rings. The maximum Gasteiger partial charge on any atom is 0.164 e. The number of nitrogens with two attached hydrogens (primary N) is 1. The zero-order valence-electron chi connectivity index (χ0n) is 10.4. The van der Waals surface area contributed by atoms with E-state index < -0.39 is 17.7 Å². The van der Waals surface area contributed by atoms with Gasteiger partial charge in [0.15, 0.2) is 11.6 Å². The quantitative estimate of drug-likeness (QED) is 0.906. The van der Waals surface area contributed by atoms with Crippen molar-refractivity contribution in [2.24, 2.45) is 5.73 Å². The maximum atomic E-state index is 13.9. The predicted molar refractivity (Wildman–Crippen MR) is 68.7 cm³/mol. The number of hydrogen-bond acceptors (Lipinski definition) is 3. The van der Waals surface area contributed by atoms with Gasteiger partial charge in [0.1, 0.15) is 0 Å². The summed E-state index contributed by atoms with van der Waals surface area (Å²) in [5.41, 5.74) is 7.23. The lowest BCUT2D eigenvalue weighted by Gasteiger charge is -2.13. The SMILES string of the molecule is Cc1nc(C)c(C(N)c2ccc(C)c(F)c2F)s1. The van der Waals surface area contributed by atoms with Crippen LogP contribution in [-0.2, 0) is 0 Å². The van der Waals surface area contributed by atoms with Crippen molar-refractivity contribution in [2.45, 2.75) is 26.8 Å². The first-order valence-electron chi connectivity index (χ1n) is 5.55. The average molecular weight is 268 g/mol. The zero-order valence-corrected chi connectivity index (χ0v) is 11.2. The van der Waals surface area contributed by atoms with Crippen molar-refractivity contribution in [3.63, 3.8) is 0 Å². The minimum absolute atomic E-state index is 0.171. The Morgan fingerprint density at radius 2 is 1.83 bits per heavy atom. The lowest BCUT2D eigenvalue weighted by Crippen LogP contribution is -2.14. The molecule has 2 aromatic rings. The fourth-order valence-corrected chi connectivity index (χ4v) is 2.83. The summed E-state index contributed by atoms with van der Waals surface area (Å²) in [4.78, 5) is 5.02. The number of nitrogens with zero attached hydrogens (tertiary/aromatic N) is 1. The highest BCUT2D eigenvalue weighted by Crippen LogP contribution is 2.30. The highest BCUT2D eigenvalue weighted by molar-refractivity contribution is 7.11. The van der Waals surface area contributed by atoms with Crippen LogP contribution >= 0.6 is 11.3 Å². The molecular weight excluding hydrogens is 254 g/mol. The number of aryl methyl sites for hydroxylation is 3. The number of benzene rings is 1. The van der Waals surface area contributed by atoms with Crippen LogP contribution in [0.5, 0.6) is 0 Å². The minimum atomic E-state index is -0.868. The van der Waals surface area contributed by atoms with Crippen molar-refractivity contribution < 1.29 is 8.78 Å². The largest absolute Gasteiger partial charge is 0.319 e. The molecule has 0 saturated heterocycles. The highest BCUT2D eigenvalue weighted by atomic mass is 32.1. The van der Waals surface area contributed by atoms with Gasteiger partial charge in [-0.05, 0) is 26.3 Å². The molecule has 1 heterocycles. The van der Waals surface area contributed by atoms with E-state index in [1.165, 1.54) is 30.4 Å². The van der Waals surface area contributed by atoms with Crippen LogP contribution in [-0.4, -0.2) is 4.98 Å². The van der Waals surface area contributed by atoms with Crippen molar-refractivity contribution in [2.75, 3.05) is 0 Å². The standard InChI is InChI=1S/C13H14F2N2S/c1-6-4-5-9(11(15)10(6)14)12(16)13-7(2)17-8(3)18-13/h4-5,12H,16H2,1-3H3. The highest BCUT2D eigenvalue weighted by Gasteiger charge is 2.21. The van der Waals surface area contributed by atoms with E-state index in [2.05, 4.69) is 4.98 Å². The summed E-state index contributed by atoms with van der Waals surface area (Å²) in [5, 5.41) is 0.867. The van der Waals surface area contributed by atoms with E-state index in [1.807, 2.05) is 13.8 Å². The molecular formula is C13H14F2N2S. The molecule has 1 aromatic carbocycles. The fraction of sp³-hybridized carbons (Fsp3) is 0.308. The molecule has 5 heteroatoms. The molecule has 1 atom stereocenters. The first kappa shape index (κ1) is 13.1. The molecule has 0 amide bonds. The molecule has 0 radical (unpaired) electrons. The van der Waals surface area contributed by atoms with Crippen molar-refractivity contribution >= 4 is 11.3 Å². The summed E-state index contributed by atoms with van der Waals surface area (Å²) in [7, 11) is 0. The molecule has 0 aliphatic carbocycles. The van der Waals surface area contributed by atoms with Crippen LogP contribution in [0.3, 0.4) is 0 Å². The van der Waals surface area contributed by atoms with Crippen molar-refractivity contribution in [1.82, 2.24) is 4.98 Å². The fourth-order valence-electron chi connectivity index (χ4n) is 1.88. The molecule has 1 aromatic heterocycles. The second-order valence-electron chi connectivity index (χ2n) is 4.26. The van der Waals surface area contributed by atoms with Gasteiger partial charge in [0, 0.05) is 10.4 Å². The molecule has 0 bridgehead atoms. The molecule has 18 heavy (non-hydrogen) atoms. The molecule has 0 fully saturated rings. The molecule has 0 saturated carbocycles. The third-order valence-corrected chi connectivity index (χ3v) is 4.02. The molecule has 96 valence electrons. The van der Waals surface area contributed by atoms with E-state index in [1.54, 1.807) is 0 Å². The van der Waals surface area contributed by atoms with Gasteiger partial charge in [0.25, 0.3) is 0 Å². The Bertz CT molecular complexity index is 593. The van der Waals surface area contributed by atoms with E-state index in [9.17, 15) is 8.78 Å². The zero-order chi connectivity index (χ0) is 13.4. The van der Waals surface area contributed by atoms with Crippen LogP contribution in [0.25, 0.3) is 0 Å². The Labute approximate surface area is 108 Å². The number of aromatic nitrogens is 1. The van der Waals surface area contributed by atoms with Crippen LogP contribution in [0.4, 0.5) is 8.78 Å². The van der Waals surface area contributed by atoms with Gasteiger partial charge in [0.2, 0.25) is 0 Å². The summed E-state index contributed by atoms with van der Waals surface area (Å²) in [6.45, 7) is 5.21. The molecule has 0 spiro atoms. The van der Waals surface area contributed by atoms with Crippen LogP contribution in [0.15, 0.2) is 12.1 Å². The van der Waals surface area contributed by atoms with E-state index in [4.69, 9.17) is 5.73 Å². The van der Waals surface area contributed by atoms with E-state index in [0.717, 1.165) is 15.6 Å². The normalized spacial score (nSPS) is 12.8. The Morgan fingerprint density at radius 3 is 2.39 bits per heavy atom. The summed E-state index contributed by atoms with van der Waals surface area (Å²) >= 11 is 1.41. The van der Waals surface area contributed by atoms with Crippen molar-refractivity contribution in [1.29, 1.82) is 0 Å². The molecule has 2 rings (SSSR count). The Morgan fingerprint density at radius 1 is 1.17 bits per heavy atom. The number of rotatable bonds is 2.